The summed E-state index contributed by atoms with van der Waals surface area (Å²) in [5, 5.41) is 16.4. The van der Waals surface area contributed by atoms with E-state index in [1.165, 1.54) is 42.6 Å². The molecule has 2 saturated heterocycles. The van der Waals surface area contributed by atoms with Crippen molar-refractivity contribution in [1.29, 1.82) is 0 Å². The predicted octanol–water partition coefficient (Wildman–Crippen LogP) is 0.957. The molecule has 15 heteroatoms. The van der Waals surface area contributed by atoms with Gasteiger partial charge in [0.25, 0.3) is 5.91 Å². The highest BCUT2D eigenvalue weighted by atomic mass is 32.2. The third-order valence-corrected chi connectivity index (χ3v) is 9.69. The third kappa shape index (κ3) is 7.87. The number of aromatic nitrogens is 1. The molecule has 0 aliphatic carbocycles. The Hall–Kier alpha value is -2.95. The third-order valence-electron chi connectivity index (χ3n) is 6.92. The minimum atomic E-state index is -3.80. The number of carbonyl (C=O) groups excluding carboxylic acids is 2. The minimum absolute atomic E-state index is 0.0186. The van der Waals surface area contributed by atoms with Crippen LogP contribution in [0.5, 0.6) is 0 Å². The number of nitrogens with zero attached hydrogens (tertiary/aromatic N) is 5. The molecule has 2 N–H and O–H groups in total. The van der Waals surface area contributed by atoms with Crippen LogP contribution in [0, 0.1) is 0 Å². The molecule has 13 nitrogen and oxygen atoms in total. The van der Waals surface area contributed by atoms with Crippen LogP contribution in [0.4, 0.5) is 5.13 Å². The van der Waals surface area contributed by atoms with Gasteiger partial charge in [-0.25, -0.2) is 13.4 Å². The van der Waals surface area contributed by atoms with Gasteiger partial charge in [0.1, 0.15) is 0 Å². The Morgan fingerprint density at radius 1 is 1.29 bits per heavy atom. The quantitative estimate of drug-likeness (QED) is 0.280. The normalized spacial score (nSPS) is 20.4. The number of sulfonamides is 1. The standard InChI is InChI=1S/C26H36N6O7S2/c1-18-15-31(9-10-32(18)19(2)34)16-22-14-27-26(40-22)28-25(35)24(29-39-21-8-13-38-17-21)20-4-6-23(7-5-20)41(36,37)30(3)11-12-33/h4-7,14,18,21,33H,8-13,15-17H2,1-3H3,(H,27,28,35)/t18-,21+/m0/s1. The molecule has 0 unspecified atom stereocenters. The monoisotopic (exact) mass is 608 g/mol. The number of ether oxygens (including phenoxy) is 1. The molecular weight excluding hydrogens is 572 g/mol. The van der Waals surface area contributed by atoms with Gasteiger partial charge in [-0.15, -0.1) is 11.3 Å². The SMILES string of the molecule is CC(=O)N1CCN(Cc2cnc(NC(=O)C(=NO[C@@H]3CCOC3)c3ccc(S(=O)(=O)N(C)CCO)cc3)s2)C[C@@H]1C. The first-order valence-electron chi connectivity index (χ1n) is 13.3. The molecule has 2 aliphatic rings. The van der Waals surface area contributed by atoms with Crippen molar-refractivity contribution in [1.82, 2.24) is 19.1 Å². The molecule has 224 valence electrons. The number of amides is 2. The molecule has 1 aromatic heterocycles. The van der Waals surface area contributed by atoms with Crippen LogP contribution in [0.25, 0.3) is 0 Å². The van der Waals surface area contributed by atoms with Crippen molar-refractivity contribution in [3.8, 4) is 0 Å². The zero-order valence-electron chi connectivity index (χ0n) is 23.4. The number of aliphatic hydroxyl groups excluding tert-OH is 1. The zero-order chi connectivity index (χ0) is 29.6. The van der Waals surface area contributed by atoms with Crippen molar-refractivity contribution < 1.29 is 32.7 Å². The van der Waals surface area contributed by atoms with Crippen molar-refractivity contribution in [2.75, 3.05) is 58.4 Å². The summed E-state index contributed by atoms with van der Waals surface area (Å²) in [6.07, 6.45) is 2.07. The summed E-state index contributed by atoms with van der Waals surface area (Å²) in [4.78, 5) is 40.2. The van der Waals surface area contributed by atoms with Crippen molar-refractivity contribution in [3.63, 3.8) is 0 Å². The minimum Gasteiger partial charge on any atom is -0.395 e. The van der Waals surface area contributed by atoms with Gasteiger partial charge < -0.3 is 19.6 Å². The summed E-state index contributed by atoms with van der Waals surface area (Å²) in [5.74, 6) is -0.478. The molecule has 2 amide bonds. The fourth-order valence-corrected chi connectivity index (χ4v) is 6.65. The Bertz CT molecular complexity index is 1340. The lowest BCUT2D eigenvalue weighted by Crippen LogP contribution is -2.52. The van der Waals surface area contributed by atoms with Crippen molar-refractivity contribution in [2.24, 2.45) is 5.16 Å². The van der Waals surface area contributed by atoms with Crippen LogP contribution in [0.3, 0.4) is 0 Å². The van der Waals surface area contributed by atoms with E-state index < -0.39 is 15.9 Å². The summed E-state index contributed by atoms with van der Waals surface area (Å²) in [6.45, 7) is 7.00. The van der Waals surface area contributed by atoms with Crippen LogP contribution in [-0.2, 0) is 35.7 Å². The van der Waals surface area contributed by atoms with E-state index in [0.29, 0.717) is 43.4 Å². The first-order chi connectivity index (χ1) is 19.6. The summed E-state index contributed by atoms with van der Waals surface area (Å²) >= 11 is 1.35. The number of thiazole rings is 1. The molecule has 0 bridgehead atoms. The van der Waals surface area contributed by atoms with Gasteiger partial charge in [-0.1, -0.05) is 17.3 Å². The zero-order valence-corrected chi connectivity index (χ0v) is 25.0. The molecule has 2 fully saturated rings. The average Bonchev–Trinajstić information content (AvgIpc) is 3.61. The van der Waals surface area contributed by atoms with E-state index in [2.05, 4.69) is 20.4 Å². The largest absolute Gasteiger partial charge is 0.395 e. The number of benzene rings is 1. The van der Waals surface area contributed by atoms with Crippen LogP contribution >= 0.6 is 11.3 Å². The molecule has 1 aromatic carbocycles. The Labute approximate surface area is 243 Å². The van der Waals surface area contributed by atoms with Crippen molar-refractivity contribution in [2.45, 2.75) is 43.9 Å². The van der Waals surface area contributed by atoms with E-state index >= 15 is 0 Å². The highest BCUT2D eigenvalue weighted by Crippen LogP contribution is 2.23. The van der Waals surface area contributed by atoms with Gasteiger partial charge in [0.05, 0.1) is 24.7 Å². The predicted molar refractivity (Wildman–Crippen MR) is 153 cm³/mol. The second-order valence-electron chi connectivity index (χ2n) is 9.99. The van der Waals surface area contributed by atoms with Gasteiger partial charge in [-0.05, 0) is 19.1 Å². The lowest BCUT2D eigenvalue weighted by molar-refractivity contribution is -0.133. The van der Waals surface area contributed by atoms with Gasteiger partial charge in [0.2, 0.25) is 15.9 Å². The summed E-state index contributed by atoms with van der Waals surface area (Å²) < 4.78 is 31.8. The number of aliphatic hydroxyl groups is 1. The Kier molecular flexibility index (Phi) is 10.4. The summed E-state index contributed by atoms with van der Waals surface area (Å²) in [5.41, 5.74) is 0.328. The van der Waals surface area contributed by atoms with Crippen LogP contribution in [-0.4, -0.2) is 115 Å². The Morgan fingerprint density at radius 2 is 2.05 bits per heavy atom. The molecule has 2 aromatic rings. The molecule has 3 heterocycles. The van der Waals surface area contributed by atoms with Crippen molar-refractivity contribution in [3.05, 3.63) is 40.9 Å². The smallest absolute Gasteiger partial charge is 0.280 e. The lowest BCUT2D eigenvalue weighted by Gasteiger charge is -2.39. The Morgan fingerprint density at radius 3 is 2.68 bits per heavy atom. The topological polar surface area (TPSA) is 154 Å². The number of likely N-dealkylation sites (N-methyl/N-ethyl adjacent to an activating group) is 1. The van der Waals surface area contributed by atoms with Gasteiger partial charge in [0, 0.05) is 75.8 Å². The number of anilines is 1. The summed E-state index contributed by atoms with van der Waals surface area (Å²) in [7, 11) is -2.42. The van der Waals surface area contributed by atoms with E-state index in [1.807, 2.05) is 11.8 Å². The number of rotatable bonds is 11. The van der Waals surface area contributed by atoms with Gasteiger partial charge in [-0.3, -0.25) is 19.8 Å². The first kappa shape index (κ1) is 31.0. The van der Waals surface area contributed by atoms with E-state index in [-0.39, 0.29) is 41.8 Å². The van der Waals surface area contributed by atoms with Gasteiger partial charge in [-0.2, -0.15) is 4.31 Å². The maximum Gasteiger partial charge on any atom is 0.280 e. The van der Waals surface area contributed by atoms with Crippen LogP contribution in [0.2, 0.25) is 0 Å². The molecule has 2 atom stereocenters. The van der Waals surface area contributed by atoms with Crippen molar-refractivity contribution >= 4 is 44.0 Å². The van der Waals surface area contributed by atoms with E-state index in [0.717, 1.165) is 22.3 Å². The van der Waals surface area contributed by atoms with Gasteiger partial charge in [0.15, 0.2) is 16.9 Å². The summed E-state index contributed by atoms with van der Waals surface area (Å²) in [6, 6.07) is 5.86. The number of carbonyl (C=O) groups is 2. The molecule has 0 saturated carbocycles. The van der Waals surface area contributed by atoms with Gasteiger partial charge >= 0.3 is 0 Å². The maximum atomic E-state index is 13.3. The lowest BCUT2D eigenvalue weighted by atomic mass is 10.1. The number of hydrogen-bond acceptors (Lipinski definition) is 11. The second kappa shape index (κ2) is 13.8. The molecular formula is C26H36N6O7S2. The number of piperazine rings is 1. The molecule has 0 radical (unpaired) electrons. The number of hydrogen-bond donors (Lipinski definition) is 2. The number of nitrogens with one attached hydrogen (secondary N) is 1. The van der Waals surface area contributed by atoms with E-state index in [1.54, 1.807) is 13.1 Å². The fourth-order valence-electron chi connectivity index (χ4n) is 4.63. The van der Waals surface area contributed by atoms with Crippen LogP contribution < -0.4 is 5.32 Å². The second-order valence-corrected chi connectivity index (χ2v) is 13.1. The highest BCUT2D eigenvalue weighted by molar-refractivity contribution is 7.89. The van der Waals surface area contributed by atoms with Crippen LogP contribution in [0.1, 0.15) is 30.7 Å². The average molecular weight is 609 g/mol. The number of oxime groups is 1. The molecule has 41 heavy (non-hydrogen) atoms. The maximum absolute atomic E-state index is 13.3. The molecule has 4 rings (SSSR count). The van der Waals surface area contributed by atoms with Crippen LogP contribution in [0.15, 0.2) is 40.5 Å². The van der Waals surface area contributed by atoms with E-state index in [4.69, 9.17) is 14.7 Å². The molecule has 0 spiro atoms. The Balaban J connectivity index is 1.46. The van der Waals surface area contributed by atoms with E-state index in [9.17, 15) is 18.0 Å². The highest BCUT2D eigenvalue weighted by Gasteiger charge is 2.27. The molecule has 2 aliphatic heterocycles. The first-order valence-corrected chi connectivity index (χ1v) is 15.6. The fraction of sp³-hybridized carbons (Fsp3) is 0.538.